The third-order valence-electron chi connectivity index (χ3n) is 8.54. The number of hydrogen-bond acceptors (Lipinski definition) is 6. The Morgan fingerprint density at radius 2 is 1.97 bits per heavy atom. The predicted octanol–water partition coefficient (Wildman–Crippen LogP) is 2.73. The van der Waals surface area contributed by atoms with Crippen LogP contribution in [-0.4, -0.2) is 95.4 Å². The Hall–Kier alpha value is -2.43. The van der Waals surface area contributed by atoms with Crippen LogP contribution in [0.25, 0.3) is 0 Å². The number of nitrogens with one attached hydrogen (secondary N) is 1. The number of rotatable bonds is 8. The lowest BCUT2D eigenvalue weighted by atomic mass is 9.68. The molecule has 4 atom stereocenters. The molecule has 4 aliphatic rings. The lowest BCUT2D eigenvalue weighted by Crippen LogP contribution is -2.62. The summed E-state index contributed by atoms with van der Waals surface area (Å²) in [6.07, 6.45) is 12.1. The van der Waals surface area contributed by atoms with Crippen LogP contribution >= 0.6 is 11.6 Å². The molecule has 0 saturated carbocycles. The number of ketones is 1. The summed E-state index contributed by atoms with van der Waals surface area (Å²) in [6.45, 7) is 4.80. The Kier molecular flexibility index (Phi) is 9.39. The Morgan fingerprint density at radius 1 is 1.23 bits per heavy atom. The van der Waals surface area contributed by atoms with Crippen LogP contribution in [0.3, 0.4) is 0 Å². The second-order valence-corrected chi connectivity index (χ2v) is 11.2. The molecule has 3 saturated heterocycles. The summed E-state index contributed by atoms with van der Waals surface area (Å²) < 4.78 is 25.8. The number of β-amino-alcohol motifs (C(OH)–C–C–N with tert-alkyl or cyclic N) is 1. The smallest absolute Gasteiger partial charge is 0.246 e. The van der Waals surface area contributed by atoms with Gasteiger partial charge < -0.3 is 20.4 Å². The molecule has 0 aromatic heterocycles. The summed E-state index contributed by atoms with van der Waals surface area (Å²) in [6, 6.07) is 0.230. The quantitative estimate of drug-likeness (QED) is 0.311. The van der Waals surface area contributed by atoms with E-state index in [0.29, 0.717) is 19.0 Å². The van der Waals surface area contributed by atoms with Crippen LogP contribution in [0.5, 0.6) is 0 Å². The van der Waals surface area contributed by atoms with Crippen LogP contribution in [0.4, 0.5) is 8.78 Å². The van der Waals surface area contributed by atoms with Crippen molar-refractivity contribution in [2.75, 3.05) is 45.9 Å². The number of likely N-dealkylation sites (tertiary alicyclic amines) is 2. The predicted molar refractivity (Wildman–Crippen MR) is 146 cm³/mol. The van der Waals surface area contributed by atoms with Crippen molar-refractivity contribution < 1.29 is 28.6 Å². The summed E-state index contributed by atoms with van der Waals surface area (Å²) in [7, 11) is 0. The number of nitrogens with zero attached hydrogens (tertiary/aromatic N) is 2. The maximum atomic E-state index is 13.5. The molecule has 0 bridgehead atoms. The van der Waals surface area contributed by atoms with Gasteiger partial charge in [0.2, 0.25) is 5.91 Å². The van der Waals surface area contributed by atoms with Gasteiger partial charge in [0.1, 0.15) is 18.6 Å². The maximum absolute atomic E-state index is 13.5. The van der Waals surface area contributed by atoms with Gasteiger partial charge in [0.25, 0.3) is 0 Å². The van der Waals surface area contributed by atoms with Crippen molar-refractivity contribution in [2.24, 2.45) is 11.3 Å². The summed E-state index contributed by atoms with van der Waals surface area (Å²) >= 11 is 6.17. The molecule has 7 nitrogen and oxygen atoms in total. The summed E-state index contributed by atoms with van der Waals surface area (Å²) in [4.78, 5) is 29.1. The maximum Gasteiger partial charge on any atom is 0.246 e. The van der Waals surface area contributed by atoms with Crippen molar-refractivity contribution in [3.05, 3.63) is 71.6 Å². The Labute approximate surface area is 232 Å². The number of piperidine rings is 2. The van der Waals surface area contributed by atoms with Gasteiger partial charge >= 0.3 is 0 Å². The van der Waals surface area contributed by atoms with Crippen molar-refractivity contribution in [2.45, 2.75) is 37.0 Å². The molecule has 1 amide bonds. The van der Waals surface area contributed by atoms with Gasteiger partial charge in [0, 0.05) is 42.6 Å². The third kappa shape index (κ3) is 6.49. The molecule has 3 aliphatic heterocycles. The van der Waals surface area contributed by atoms with Crippen LogP contribution in [0.2, 0.25) is 0 Å². The van der Waals surface area contributed by atoms with Crippen LogP contribution in [-0.2, 0) is 9.59 Å². The number of amides is 1. The fourth-order valence-corrected chi connectivity index (χ4v) is 6.26. The lowest BCUT2D eigenvalue weighted by molar-refractivity contribution is -0.166. The topological polar surface area (TPSA) is 93.1 Å². The zero-order chi connectivity index (χ0) is 28.2. The average Bonchev–Trinajstić information content (AvgIpc) is 3.26. The van der Waals surface area contributed by atoms with Crippen molar-refractivity contribution in [3.8, 4) is 0 Å². The molecule has 3 heterocycles. The minimum Gasteiger partial charge on any atom is -0.388 e. The number of aliphatic hydroxyl groups excluding tert-OH is 1. The van der Waals surface area contributed by atoms with E-state index in [9.17, 15) is 28.6 Å². The molecule has 3 N–H and O–H groups in total. The first kappa shape index (κ1) is 29.6. The second-order valence-electron chi connectivity index (χ2n) is 10.8. The van der Waals surface area contributed by atoms with Crippen LogP contribution in [0.15, 0.2) is 71.6 Å². The van der Waals surface area contributed by atoms with Gasteiger partial charge in [-0.15, -0.1) is 0 Å². The molecule has 212 valence electrons. The largest absolute Gasteiger partial charge is 0.388 e. The number of Topliss-reactive ketones (excluding diaryl/α,β-unsaturated/α-hetero) is 1. The Bertz CT molecular complexity index is 1130. The minimum atomic E-state index is -1.93. The molecule has 2 unspecified atom stereocenters. The van der Waals surface area contributed by atoms with E-state index in [-0.39, 0.29) is 43.1 Å². The molecule has 1 spiro atoms. The molecule has 1 aliphatic carbocycles. The van der Waals surface area contributed by atoms with Crippen LogP contribution in [0.1, 0.15) is 19.3 Å². The number of halogens is 3. The highest BCUT2D eigenvalue weighted by molar-refractivity contribution is 6.31. The monoisotopic (exact) mass is 563 g/mol. The molecule has 4 rings (SSSR count). The van der Waals surface area contributed by atoms with Crippen LogP contribution < -0.4 is 5.32 Å². The zero-order valence-electron chi connectivity index (χ0n) is 21.9. The average molecular weight is 564 g/mol. The first-order chi connectivity index (χ1) is 18.6. The van der Waals surface area contributed by atoms with Crippen molar-refractivity contribution in [1.82, 2.24) is 15.1 Å². The van der Waals surface area contributed by atoms with E-state index in [0.717, 1.165) is 36.6 Å². The van der Waals surface area contributed by atoms with Gasteiger partial charge in [0.05, 0.1) is 13.1 Å². The molecule has 0 radical (unpaired) electrons. The number of hydrogen-bond donors (Lipinski definition) is 3. The van der Waals surface area contributed by atoms with E-state index < -0.39 is 35.9 Å². The highest BCUT2D eigenvalue weighted by Gasteiger charge is 2.50. The number of alkyl halides is 1. The van der Waals surface area contributed by atoms with E-state index in [1.807, 2.05) is 11.0 Å². The SMILES string of the molecule is C=CC(/C=C/C(=O)N1CC[C@@](O)(C(=O)CN2CCC3(CC2)CNC2C=C(Cl)C=CC23)[C@@H](O)C1)=C\C(F)=C/CF. The molecule has 0 aromatic carbocycles. The van der Waals surface area contributed by atoms with Crippen molar-refractivity contribution in [3.63, 3.8) is 0 Å². The fraction of sp³-hybridized carbons (Fsp3) is 0.517. The van der Waals surface area contributed by atoms with Gasteiger partial charge in [-0.1, -0.05) is 30.3 Å². The van der Waals surface area contributed by atoms with Gasteiger partial charge in [-0.25, -0.2) is 8.78 Å². The number of aliphatic hydroxyl groups is 2. The number of carbonyl (C=O) groups excluding carboxylic acids is 2. The summed E-state index contributed by atoms with van der Waals surface area (Å²) in [5.41, 5.74) is -1.56. The molecule has 10 heteroatoms. The highest BCUT2D eigenvalue weighted by Crippen LogP contribution is 2.46. The number of allylic oxidation sites excluding steroid dienone is 8. The van der Waals surface area contributed by atoms with Crippen LogP contribution in [0, 0.1) is 11.3 Å². The molecule has 0 aromatic rings. The molecule has 39 heavy (non-hydrogen) atoms. The summed E-state index contributed by atoms with van der Waals surface area (Å²) in [5.74, 6) is -1.34. The fourth-order valence-electron chi connectivity index (χ4n) is 6.05. The van der Waals surface area contributed by atoms with Gasteiger partial charge in [-0.2, -0.15) is 0 Å². The normalized spacial score (nSPS) is 31.5. The Morgan fingerprint density at radius 3 is 2.64 bits per heavy atom. The first-order valence-electron chi connectivity index (χ1n) is 13.3. The molecular formula is C29H36ClF2N3O4. The second kappa shape index (κ2) is 12.4. The first-order valence-corrected chi connectivity index (χ1v) is 13.7. The van der Waals surface area contributed by atoms with Crippen molar-refractivity contribution in [1.29, 1.82) is 0 Å². The Balaban J connectivity index is 1.29. The van der Waals surface area contributed by atoms with E-state index in [1.54, 1.807) is 0 Å². The zero-order valence-corrected chi connectivity index (χ0v) is 22.6. The van der Waals surface area contributed by atoms with Crippen molar-refractivity contribution >= 4 is 23.3 Å². The van der Waals surface area contributed by atoms with Gasteiger partial charge in [0.15, 0.2) is 11.4 Å². The number of fused-ring (bicyclic) bond motifs is 2. The lowest BCUT2D eigenvalue weighted by Gasteiger charge is -2.44. The van der Waals surface area contributed by atoms with E-state index in [2.05, 4.69) is 24.0 Å². The minimum absolute atomic E-state index is 0.0338. The third-order valence-corrected chi connectivity index (χ3v) is 8.79. The summed E-state index contributed by atoms with van der Waals surface area (Å²) in [5, 5.41) is 26.1. The molecular weight excluding hydrogens is 528 g/mol. The van der Waals surface area contributed by atoms with E-state index in [1.165, 1.54) is 23.1 Å². The number of carbonyl (C=O) groups is 2. The highest BCUT2D eigenvalue weighted by atomic mass is 35.5. The van der Waals surface area contributed by atoms with E-state index in [4.69, 9.17) is 11.6 Å². The standard InChI is InChI=1S/C29H36ClF2N3O4/c1-2-20(15-22(32)7-11-31)3-6-27(38)35-14-10-29(39,26(37)18-35)25(36)17-34-12-8-28(9-13-34)19-33-24-16-21(30)4-5-23(24)28/h2-7,15-16,23-24,26,33,37,39H,1,8-14,17-19H2/b6-3+,20-15+,22-7+/t23?,24?,26-,29+/m0/s1. The van der Waals surface area contributed by atoms with Gasteiger partial charge in [-0.05, 0) is 67.3 Å². The van der Waals surface area contributed by atoms with E-state index >= 15 is 0 Å². The molecule has 3 fully saturated rings. The van der Waals surface area contributed by atoms with Gasteiger partial charge in [-0.3, -0.25) is 14.5 Å².